The number of carbonyl (C=O) groups excluding carboxylic acids is 1. The number of aromatic nitrogens is 1. The van der Waals surface area contributed by atoms with E-state index in [1.807, 2.05) is 0 Å². The van der Waals surface area contributed by atoms with Crippen LogP contribution in [0.5, 0.6) is 0 Å². The molecule has 1 N–H and O–H groups in total. The molecule has 112 valence electrons. The number of nitrogens with one attached hydrogen (secondary N) is 1. The topological polar surface area (TPSA) is 34.0 Å². The molecule has 0 radical (unpaired) electrons. The molecular formula is C13H9Br2F3N2O. The summed E-state index contributed by atoms with van der Waals surface area (Å²) < 4.78 is 41.4. The van der Waals surface area contributed by atoms with Crippen molar-refractivity contribution in [2.75, 3.05) is 5.32 Å². The van der Waals surface area contributed by atoms with Gasteiger partial charge in [-0.3, -0.25) is 4.79 Å². The van der Waals surface area contributed by atoms with Crippen molar-refractivity contribution in [2.45, 2.75) is 6.18 Å². The number of alkyl halides is 3. The van der Waals surface area contributed by atoms with Crippen LogP contribution in [0.15, 0.2) is 39.4 Å². The zero-order valence-electron chi connectivity index (χ0n) is 10.6. The highest BCUT2D eigenvalue weighted by atomic mass is 79.9. The van der Waals surface area contributed by atoms with E-state index in [2.05, 4.69) is 37.2 Å². The Morgan fingerprint density at radius 1 is 1.19 bits per heavy atom. The van der Waals surface area contributed by atoms with E-state index in [4.69, 9.17) is 0 Å². The van der Waals surface area contributed by atoms with Crippen molar-refractivity contribution < 1.29 is 18.0 Å². The van der Waals surface area contributed by atoms with Crippen molar-refractivity contribution in [2.24, 2.45) is 7.05 Å². The van der Waals surface area contributed by atoms with E-state index in [9.17, 15) is 18.0 Å². The summed E-state index contributed by atoms with van der Waals surface area (Å²) >= 11 is 6.20. The number of benzene rings is 1. The first-order valence-corrected chi connectivity index (χ1v) is 7.27. The number of aryl methyl sites for hydroxylation is 1. The van der Waals surface area contributed by atoms with Crippen LogP contribution in [-0.4, -0.2) is 10.5 Å². The molecule has 0 aliphatic heterocycles. The lowest BCUT2D eigenvalue weighted by Crippen LogP contribution is -2.18. The number of anilines is 1. The largest absolute Gasteiger partial charge is 0.418 e. The molecule has 0 saturated heterocycles. The Hall–Kier alpha value is -1.28. The number of rotatable bonds is 2. The minimum Gasteiger partial charge on any atom is -0.345 e. The molecule has 1 aromatic carbocycles. The molecule has 0 fully saturated rings. The third-order valence-corrected chi connectivity index (χ3v) is 3.67. The van der Waals surface area contributed by atoms with Gasteiger partial charge in [-0.1, -0.05) is 15.9 Å². The maximum atomic E-state index is 13.0. The molecule has 0 aliphatic carbocycles. The zero-order chi connectivity index (χ0) is 15.8. The third kappa shape index (κ3) is 3.68. The predicted molar refractivity (Wildman–Crippen MR) is 80.2 cm³/mol. The molecule has 0 saturated carbocycles. The minimum absolute atomic E-state index is 0.248. The van der Waals surface area contributed by atoms with Crippen LogP contribution in [0, 0.1) is 0 Å². The van der Waals surface area contributed by atoms with Gasteiger partial charge in [-0.05, 0) is 40.2 Å². The molecule has 2 rings (SSSR count). The molecule has 0 unspecified atom stereocenters. The molecule has 0 atom stereocenters. The first kappa shape index (κ1) is 16.1. The first-order chi connectivity index (χ1) is 9.68. The van der Waals surface area contributed by atoms with Crippen LogP contribution in [0.25, 0.3) is 0 Å². The van der Waals surface area contributed by atoms with Crippen molar-refractivity contribution in [3.63, 3.8) is 0 Å². The van der Waals surface area contributed by atoms with Crippen molar-refractivity contribution in [1.29, 1.82) is 0 Å². The van der Waals surface area contributed by atoms with Gasteiger partial charge in [0.05, 0.1) is 11.3 Å². The second-order valence-corrected chi connectivity index (χ2v) is 6.13. The normalized spacial score (nSPS) is 11.5. The quantitative estimate of drug-likeness (QED) is 0.735. The van der Waals surface area contributed by atoms with Crippen molar-refractivity contribution in [3.8, 4) is 0 Å². The summed E-state index contributed by atoms with van der Waals surface area (Å²) in [5.74, 6) is -0.615. The summed E-state index contributed by atoms with van der Waals surface area (Å²) in [6.45, 7) is 0. The number of carbonyl (C=O) groups is 1. The van der Waals surface area contributed by atoms with Gasteiger partial charge in [0.15, 0.2) is 0 Å². The molecule has 0 bridgehead atoms. The standard InChI is InChI=1S/C13H9Br2F3N2O/c1-20-6-8(15)5-11(20)12(21)19-10-3-2-7(14)4-9(10)13(16,17)18/h2-6H,1H3,(H,19,21). The van der Waals surface area contributed by atoms with E-state index < -0.39 is 17.6 Å². The fourth-order valence-electron chi connectivity index (χ4n) is 1.80. The van der Waals surface area contributed by atoms with E-state index in [1.165, 1.54) is 22.8 Å². The van der Waals surface area contributed by atoms with Crippen LogP contribution in [0.3, 0.4) is 0 Å². The molecule has 2 aromatic rings. The number of halogens is 5. The number of hydrogen-bond donors (Lipinski definition) is 1. The van der Waals surface area contributed by atoms with Gasteiger partial charge in [-0.25, -0.2) is 0 Å². The van der Waals surface area contributed by atoms with E-state index in [-0.39, 0.29) is 15.9 Å². The van der Waals surface area contributed by atoms with Crippen LogP contribution in [-0.2, 0) is 13.2 Å². The average molecular weight is 426 g/mol. The fourth-order valence-corrected chi connectivity index (χ4v) is 2.68. The van der Waals surface area contributed by atoms with Gasteiger partial charge in [-0.2, -0.15) is 13.2 Å². The van der Waals surface area contributed by atoms with Gasteiger partial charge in [0, 0.05) is 22.2 Å². The predicted octanol–water partition coefficient (Wildman–Crippen LogP) is 4.82. The molecule has 1 heterocycles. The highest BCUT2D eigenvalue weighted by Crippen LogP contribution is 2.36. The summed E-state index contributed by atoms with van der Waals surface area (Å²) in [5, 5.41) is 2.29. The second-order valence-electron chi connectivity index (χ2n) is 4.30. The third-order valence-electron chi connectivity index (χ3n) is 2.74. The number of hydrogen-bond acceptors (Lipinski definition) is 1. The maximum Gasteiger partial charge on any atom is 0.418 e. The van der Waals surface area contributed by atoms with Crippen LogP contribution in [0.4, 0.5) is 18.9 Å². The molecule has 21 heavy (non-hydrogen) atoms. The van der Waals surface area contributed by atoms with E-state index in [0.717, 1.165) is 6.07 Å². The Kier molecular flexibility index (Phi) is 4.48. The van der Waals surface area contributed by atoms with Crippen LogP contribution >= 0.6 is 31.9 Å². The summed E-state index contributed by atoms with van der Waals surface area (Å²) in [6.07, 6.45) is -2.91. The summed E-state index contributed by atoms with van der Waals surface area (Å²) in [7, 11) is 1.63. The lowest BCUT2D eigenvalue weighted by Gasteiger charge is -2.14. The van der Waals surface area contributed by atoms with Crippen LogP contribution in [0.1, 0.15) is 16.1 Å². The van der Waals surface area contributed by atoms with Gasteiger partial charge in [-0.15, -0.1) is 0 Å². The SMILES string of the molecule is Cn1cc(Br)cc1C(=O)Nc1ccc(Br)cc1C(F)(F)F. The summed E-state index contributed by atoms with van der Waals surface area (Å²) in [5.41, 5.74) is -0.940. The van der Waals surface area contributed by atoms with Crippen molar-refractivity contribution in [1.82, 2.24) is 4.57 Å². The summed E-state index contributed by atoms with van der Waals surface area (Å²) in [4.78, 5) is 12.1. The Bertz CT molecular complexity index is 695. The highest BCUT2D eigenvalue weighted by molar-refractivity contribution is 9.10. The molecule has 1 amide bonds. The minimum atomic E-state index is -4.55. The second kappa shape index (κ2) is 5.84. The molecule has 1 aromatic heterocycles. The van der Waals surface area contributed by atoms with Crippen LogP contribution in [0.2, 0.25) is 0 Å². The van der Waals surface area contributed by atoms with Crippen molar-refractivity contribution >= 4 is 43.5 Å². The monoisotopic (exact) mass is 424 g/mol. The molecule has 3 nitrogen and oxygen atoms in total. The number of amides is 1. The van der Waals surface area contributed by atoms with Crippen molar-refractivity contribution in [3.05, 3.63) is 50.7 Å². The molecular weight excluding hydrogens is 417 g/mol. The Labute approximate surface area is 135 Å². The lowest BCUT2D eigenvalue weighted by molar-refractivity contribution is -0.136. The molecule has 0 aliphatic rings. The highest BCUT2D eigenvalue weighted by Gasteiger charge is 2.34. The number of nitrogens with zero attached hydrogens (tertiary/aromatic N) is 1. The van der Waals surface area contributed by atoms with E-state index in [0.29, 0.717) is 4.47 Å². The molecule has 0 spiro atoms. The smallest absolute Gasteiger partial charge is 0.345 e. The van der Waals surface area contributed by atoms with Gasteiger partial charge in [0.1, 0.15) is 5.69 Å². The van der Waals surface area contributed by atoms with E-state index in [1.54, 1.807) is 13.2 Å². The average Bonchev–Trinajstić information content (AvgIpc) is 2.69. The Morgan fingerprint density at radius 2 is 1.86 bits per heavy atom. The lowest BCUT2D eigenvalue weighted by atomic mass is 10.1. The van der Waals surface area contributed by atoms with Gasteiger partial charge in [0.25, 0.3) is 5.91 Å². The molecule has 8 heteroatoms. The first-order valence-electron chi connectivity index (χ1n) is 5.68. The van der Waals surface area contributed by atoms with Gasteiger partial charge in [0.2, 0.25) is 0 Å². The Morgan fingerprint density at radius 3 is 2.38 bits per heavy atom. The summed E-state index contributed by atoms with van der Waals surface area (Å²) in [6, 6.07) is 5.10. The maximum absolute atomic E-state index is 13.0. The van der Waals surface area contributed by atoms with Gasteiger partial charge < -0.3 is 9.88 Å². The van der Waals surface area contributed by atoms with Gasteiger partial charge >= 0.3 is 6.18 Å². The van der Waals surface area contributed by atoms with E-state index >= 15 is 0 Å². The zero-order valence-corrected chi connectivity index (χ0v) is 13.8. The fraction of sp³-hybridized carbons (Fsp3) is 0.154. The van der Waals surface area contributed by atoms with Crippen LogP contribution < -0.4 is 5.32 Å². The Balaban J connectivity index is 2.36.